The van der Waals surface area contributed by atoms with Gasteiger partial charge in [-0.15, -0.1) is 10.2 Å². The molecular weight excluding hydrogens is 488 g/mol. The van der Waals surface area contributed by atoms with Crippen molar-refractivity contribution in [1.82, 2.24) is 19.7 Å². The van der Waals surface area contributed by atoms with Gasteiger partial charge in [0.05, 0.1) is 19.2 Å². The van der Waals surface area contributed by atoms with Crippen LogP contribution >= 0.6 is 0 Å². The molecule has 0 spiro atoms. The van der Waals surface area contributed by atoms with E-state index in [0.29, 0.717) is 25.8 Å². The highest BCUT2D eigenvalue weighted by Gasteiger charge is 2.34. The summed E-state index contributed by atoms with van der Waals surface area (Å²) in [6, 6.07) is 26.4. The Labute approximate surface area is 228 Å². The first-order chi connectivity index (χ1) is 18.8. The summed E-state index contributed by atoms with van der Waals surface area (Å²) in [4.78, 5) is 15.7. The number of carbonyl (C=O) groups is 1. The molecule has 2 heterocycles. The minimum Gasteiger partial charge on any atom is -0.497 e. The van der Waals surface area contributed by atoms with Crippen molar-refractivity contribution in [3.05, 3.63) is 113 Å². The van der Waals surface area contributed by atoms with E-state index < -0.39 is 11.4 Å². The van der Waals surface area contributed by atoms with Crippen LogP contribution in [0.4, 0.5) is 0 Å². The molecule has 0 aliphatic rings. The molecule has 5 N–H and O–H groups in total. The molecule has 0 aliphatic heterocycles. The lowest BCUT2D eigenvalue weighted by Gasteiger charge is -2.27. The molecule has 5 rings (SSSR count). The number of nitrogens with two attached hydrogens (primary N) is 2. The molecule has 0 bridgehead atoms. The van der Waals surface area contributed by atoms with Crippen molar-refractivity contribution >= 4 is 16.8 Å². The molecule has 0 radical (unpaired) electrons. The molecule has 5 aromatic rings. The highest BCUT2D eigenvalue weighted by Crippen LogP contribution is 2.32. The first kappa shape index (κ1) is 26.2. The van der Waals surface area contributed by atoms with E-state index in [9.17, 15) is 4.79 Å². The summed E-state index contributed by atoms with van der Waals surface area (Å²) in [5.41, 5.74) is 15.4. The van der Waals surface area contributed by atoms with E-state index in [1.807, 2.05) is 60.8 Å². The van der Waals surface area contributed by atoms with Gasteiger partial charge in [0.15, 0.2) is 0 Å². The second-order valence-corrected chi connectivity index (χ2v) is 10.3. The molecule has 0 fully saturated rings. The molecule has 200 valence electrons. The standard InChI is InChI=1S/C31H34N6O2/c1-31(33,30(32)38)18-23(17-24-19-34-27-11-7-6-10-26(24)27)29-36-35-28(16-21-8-4-3-5-9-21)37(29)20-22-12-14-25(39-2)15-13-22/h3-15,19,23,34H,16-18,20,33H2,1-2H3,(H2,32,38). The molecule has 3 aromatic carbocycles. The number of hydrogen-bond acceptors (Lipinski definition) is 5. The number of benzene rings is 3. The number of H-pyrrole nitrogens is 1. The first-order valence-corrected chi connectivity index (χ1v) is 13.1. The minimum atomic E-state index is -1.22. The van der Waals surface area contributed by atoms with E-state index in [1.165, 1.54) is 0 Å². The van der Waals surface area contributed by atoms with E-state index in [1.54, 1.807) is 14.0 Å². The predicted molar refractivity (Wildman–Crippen MR) is 153 cm³/mol. The normalized spacial score (nSPS) is 13.7. The van der Waals surface area contributed by atoms with Gasteiger partial charge in [-0.2, -0.15) is 0 Å². The molecule has 0 saturated carbocycles. The van der Waals surface area contributed by atoms with Crippen LogP contribution in [0.2, 0.25) is 0 Å². The summed E-state index contributed by atoms with van der Waals surface area (Å²) >= 11 is 0. The summed E-state index contributed by atoms with van der Waals surface area (Å²) in [6.07, 6.45) is 3.59. The molecule has 39 heavy (non-hydrogen) atoms. The number of ether oxygens (including phenoxy) is 1. The summed E-state index contributed by atoms with van der Waals surface area (Å²) in [6.45, 7) is 2.25. The maximum absolute atomic E-state index is 12.3. The minimum absolute atomic E-state index is 0.207. The van der Waals surface area contributed by atoms with Gasteiger partial charge in [0.2, 0.25) is 5.91 Å². The van der Waals surface area contributed by atoms with Gasteiger partial charge >= 0.3 is 0 Å². The number of primary amides is 1. The molecule has 2 aromatic heterocycles. The Bertz CT molecular complexity index is 1550. The van der Waals surface area contributed by atoms with E-state index in [4.69, 9.17) is 21.3 Å². The second kappa shape index (κ2) is 11.1. The van der Waals surface area contributed by atoms with Gasteiger partial charge in [0.1, 0.15) is 17.4 Å². The van der Waals surface area contributed by atoms with Crippen LogP contribution in [-0.2, 0) is 24.2 Å². The largest absolute Gasteiger partial charge is 0.497 e. The van der Waals surface area contributed by atoms with Crippen LogP contribution in [0, 0.1) is 0 Å². The highest BCUT2D eigenvalue weighted by molar-refractivity contribution is 5.84. The maximum Gasteiger partial charge on any atom is 0.237 e. The molecule has 1 amide bonds. The zero-order valence-corrected chi connectivity index (χ0v) is 22.3. The fourth-order valence-corrected chi connectivity index (χ4v) is 5.08. The zero-order valence-electron chi connectivity index (χ0n) is 22.3. The average molecular weight is 523 g/mol. The number of methoxy groups -OCH3 is 1. The SMILES string of the molecule is COc1ccc(Cn2c(Cc3ccccc3)nnc2C(Cc2c[nH]c3ccccc23)CC(C)(N)C(N)=O)cc1. The van der Waals surface area contributed by atoms with Crippen molar-refractivity contribution in [2.45, 2.75) is 44.2 Å². The van der Waals surface area contributed by atoms with Gasteiger partial charge in [-0.25, -0.2) is 0 Å². The third-order valence-corrected chi connectivity index (χ3v) is 7.30. The number of nitrogens with zero attached hydrogens (tertiary/aromatic N) is 3. The fourth-order valence-electron chi connectivity index (χ4n) is 5.08. The van der Waals surface area contributed by atoms with Gasteiger partial charge in [-0.05, 0) is 54.7 Å². The van der Waals surface area contributed by atoms with Crippen LogP contribution in [0.1, 0.15) is 47.6 Å². The Morgan fingerprint density at radius 1 is 1.00 bits per heavy atom. The Morgan fingerprint density at radius 3 is 2.44 bits per heavy atom. The van der Waals surface area contributed by atoms with E-state index in [0.717, 1.165) is 45.0 Å². The molecule has 2 atom stereocenters. The number of aromatic nitrogens is 4. The lowest BCUT2D eigenvalue weighted by atomic mass is 9.84. The smallest absolute Gasteiger partial charge is 0.237 e. The first-order valence-electron chi connectivity index (χ1n) is 13.1. The van der Waals surface area contributed by atoms with Crippen molar-refractivity contribution in [2.75, 3.05) is 7.11 Å². The summed E-state index contributed by atoms with van der Waals surface area (Å²) in [5, 5.41) is 10.5. The van der Waals surface area contributed by atoms with E-state index in [2.05, 4.69) is 38.9 Å². The van der Waals surface area contributed by atoms with Crippen LogP contribution in [0.5, 0.6) is 5.75 Å². The summed E-state index contributed by atoms with van der Waals surface area (Å²) in [7, 11) is 1.66. The molecular formula is C31H34N6O2. The zero-order chi connectivity index (χ0) is 27.4. The average Bonchev–Trinajstić information content (AvgIpc) is 3.53. The number of aromatic amines is 1. The van der Waals surface area contributed by atoms with E-state index >= 15 is 0 Å². The fraction of sp³-hybridized carbons (Fsp3) is 0.258. The quantitative estimate of drug-likeness (QED) is 0.238. The van der Waals surface area contributed by atoms with Crippen LogP contribution in [0.15, 0.2) is 85.1 Å². The topological polar surface area (TPSA) is 125 Å². The maximum atomic E-state index is 12.3. The molecule has 8 heteroatoms. The van der Waals surface area contributed by atoms with Crippen LogP contribution in [0.3, 0.4) is 0 Å². The lowest BCUT2D eigenvalue weighted by Crippen LogP contribution is -2.50. The van der Waals surface area contributed by atoms with Gasteiger partial charge in [0, 0.05) is 29.4 Å². The summed E-state index contributed by atoms with van der Waals surface area (Å²) in [5.74, 6) is 1.66. The number of carbonyl (C=O) groups excluding carboxylic acids is 1. The third-order valence-electron chi connectivity index (χ3n) is 7.30. The number of para-hydroxylation sites is 1. The summed E-state index contributed by atoms with van der Waals surface area (Å²) < 4.78 is 7.51. The Balaban J connectivity index is 1.58. The van der Waals surface area contributed by atoms with Crippen molar-refractivity contribution in [2.24, 2.45) is 11.5 Å². The monoisotopic (exact) mass is 522 g/mol. The van der Waals surface area contributed by atoms with Crippen molar-refractivity contribution in [3.63, 3.8) is 0 Å². The molecule has 0 saturated heterocycles. The Hall–Kier alpha value is -4.43. The second-order valence-electron chi connectivity index (χ2n) is 10.3. The lowest BCUT2D eigenvalue weighted by molar-refractivity contribution is -0.122. The predicted octanol–water partition coefficient (Wildman–Crippen LogP) is 4.33. The van der Waals surface area contributed by atoms with Crippen LogP contribution in [-0.4, -0.2) is 38.3 Å². The Kier molecular flexibility index (Phi) is 7.47. The number of nitrogens with one attached hydrogen (secondary N) is 1. The van der Waals surface area contributed by atoms with Gasteiger partial charge in [-0.3, -0.25) is 4.79 Å². The van der Waals surface area contributed by atoms with Gasteiger partial charge in [0.25, 0.3) is 0 Å². The van der Waals surface area contributed by atoms with Gasteiger partial charge < -0.3 is 25.8 Å². The highest BCUT2D eigenvalue weighted by atomic mass is 16.5. The molecule has 8 nitrogen and oxygen atoms in total. The van der Waals surface area contributed by atoms with Crippen molar-refractivity contribution in [3.8, 4) is 5.75 Å². The third kappa shape index (κ3) is 5.86. The molecule has 2 unspecified atom stereocenters. The van der Waals surface area contributed by atoms with Crippen molar-refractivity contribution < 1.29 is 9.53 Å². The number of hydrogen-bond donors (Lipinski definition) is 3. The van der Waals surface area contributed by atoms with Gasteiger partial charge in [-0.1, -0.05) is 60.7 Å². The number of fused-ring (bicyclic) bond motifs is 1. The number of amides is 1. The van der Waals surface area contributed by atoms with E-state index in [-0.39, 0.29) is 5.92 Å². The number of rotatable bonds is 11. The molecule has 0 aliphatic carbocycles. The van der Waals surface area contributed by atoms with Crippen LogP contribution in [0.25, 0.3) is 10.9 Å². The van der Waals surface area contributed by atoms with Crippen molar-refractivity contribution in [1.29, 1.82) is 0 Å². The van der Waals surface area contributed by atoms with Crippen LogP contribution < -0.4 is 16.2 Å². The Morgan fingerprint density at radius 2 is 1.72 bits per heavy atom.